The second-order valence-corrected chi connectivity index (χ2v) is 11.7. The summed E-state index contributed by atoms with van der Waals surface area (Å²) in [5.74, 6) is 0. The Bertz CT molecular complexity index is 2130. The zero-order chi connectivity index (χ0) is 30.7. The van der Waals surface area contributed by atoms with Crippen LogP contribution >= 0.6 is 0 Å². The lowest BCUT2D eigenvalue weighted by molar-refractivity contribution is 0.984. The molecule has 0 spiro atoms. The summed E-state index contributed by atoms with van der Waals surface area (Å²) in [6.45, 7) is 0. The third-order valence-corrected chi connectivity index (χ3v) is 8.90. The number of benzene rings is 7. The predicted molar refractivity (Wildman–Crippen MR) is 196 cm³/mol. The molecule has 0 aromatic heterocycles. The molecule has 1 aliphatic carbocycles. The summed E-state index contributed by atoms with van der Waals surface area (Å²) in [5.41, 5.74) is 12.0. The van der Waals surface area contributed by atoms with Gasteiger partial charge in [0.2, 0.25) is 0 Å². The van der Waals surface area contributed by atoms with E-state index in [0.717, 1.165) is 35.6 Å². The van der Waals surface area contributed by atoms with E-state index < -0.39 is 0 Å². The highest BCUT2D eigenvalue weighted by Crippen LogP contribution is 2.42. The van der Waals surface area contributed by atoms with E-state index in [4.69, 9.17) is 0 Å². The Kier molecular flexibility index (Phi) is 7.38. The molecule has 220 valence electrons. The number of rotatable bonds is 7. The number of hydrogen-bond acceptors (Lipinski definition) is 2. The Morgan fingerprint density at radius 1 is 0.391 bits per heavy atom. The van der Waals surface area contributed by atoms with E-state index in [2.05, 4.69) is 192 Å². The summed E-state index contributed by atoms with van der Waals surface area (Å²) in [6.07, 6.45) is 6.76. The third kappa shape index (κ3) is 5.25. The Balaban J connectivity index is 1.15. The van der Waals surface area contributed by atoms with Crippen molar-refractivity contribution in [2.24, 2.45) is 0 Å². The lowest BCUT2D eigenvalue weighted by Crippen LogP contribution is -2.12. The van der Waals surface area contributed by atoms with Crippen molar-refractivity contribution in [2.75, 3.05) is 9.80 Å². The molecule has 0 aliphatic heterocycles. The predicted octanol–water partition coefficient (Wildman–Crippen LogP) is 12.4. The highest BCUT2D eigenvalue weighted by molar-refractivity contribution is 5.99. The van der Waals surface area contributed by atoms with E-state index in [1.807, 2.05) is 0 Å². The summed E-state index contributed by atoms with van der Waals surface area (Å²) in [5, 5.41) is 2.46. The fourth-order valence-corrected chi connectivity index (χ4v) is 6.66. The van der Waals surface area contributed by atoms with Crippen LogP contribution in [0.3, 0.4) is 0 Å². The Labute approximate surface area is 271 Å². The largest absolute Gasteiger partial charge is 0.310 e. The number of hydrogen-bond donors (Lipinski definition) is 0. The van der Waals surface area contributed by atoms with Gasteiger partial charge in [0.1, 0.15) is 0 Å². The van der Waals surface area contributed by atoms with Crippen LogP contribution in [0.25, 0.3) is 28.0 Å². The van der Waals surface area contributed by atoms with Crippen LogP contribution in [-0.2, 0) is 6.42 Å². The molecule has 0 saturated carbocycles. The Hall–Kier alpha value is -5.86. The van der Waals surface area contributed by atoms with Gasteiger partial charge in [0.05, 0.1) is 11.4 Å². The van der Waals surface area contributed by atoms with Crippen LogP contribution in [0.15, 0.2) is 176 Å². The van der Waals surface area contributed by atoms with Gasteiger partial charge in [-0.05, 0) is 95.6 Å². The summed E-state index contributed by atoms with van der Waals surface area (Å²) in [6, 6.07) is 61.0. The van der Waals surface area contributed by atoms with Crippen molar-refractivity contribution in [3.8, 4) is 11.1 Å². The van der Waals surface area contributed by atoms with Crippen LogP contribution in [0.2, 0.25) is 0 Å². The lowest BCUT2D eigenvalue weighted by Gasteiger charge is -2.29. The standard InChI is InChI=1S/C44H34N2/c1-3-17-37(18-4-1)45(43-23-11-15-35-13-7-9-21-41(35)43)39-29-25-33(26-30-39)34-27-31-40(32-28-34)46(38-19-5-2-6-20-38)44-24-12-16-36-14-8-10-22-42(36)44/h1-7,9-13,15-32H,8,14H2. The normalized spacial score (nSPS) is 12.1. The summed E-state index contributed by atoms with van der Waals surface area (Å²) in [4.78, 5) is 4.73. The Morgan fingerprint density at radius 2 is 0.891 bits per heavy atom. The van der Waals surface area contributed by atoms with Crippen molar-refractivity contribution >= 4 is 51.0 Å². The van der Waals surface area contributed by atoms with E-state index in [9.17, 15) is 0 Å². The molecule has 2 heteroatoms. The maximum atomic E-state index is 2.38. The van der Waals surface area contributed by atoms with Crippen LogP contribution < -0.4 is 9.80 Å². The molecule has 0 heterocycles. The van der Waals surface area contributed by atoms with Gasteiger partial charge in [-0.3, -0.25) is 0 Å². The van der Waals surface area contributed by atoms with Gasteiger partial charge in [-0.15, -0.1) is 0 Å². The van der Waals surface area contributed by atoms with Gasteiger partial charge in [-0.2, -0.15) is 0 Å². The van der Waals surface area contributed by atoms with Crippen molar-refractivity contribution in [2.45, 2.75) is 12.8 Å². The minimum Gasteiger partial charge on any atom is -0.310 e. The zero-order valence-corrected chi connectivity index (χ0v) is 25.6. The molecular weight excluding hydrogens is 556 g/mol. The topological polar surface area (TPSA) is 6.48 Å². The van der Waals surface area contributed by atoms with E-state index in [1.54, 1.807) is 0 Å². The summed E-state index contributed by atoms with van der Waals surface area (Å²) < 4.78 is 0. The zero-order valence-electron chi connectivity index (χ0n) is 25.6. The SMILES string of the molecule is C1=Cc2c(cccc2N(c2ccccc2)c2ccc(-c3ccc(N(c4ccccc4)c4cccc5ccccc45)cc3)cc2)CC1. The average molecular weight is 591 g/mol. The lowest BCUT2D eigenvalue weighted by atomic mass is 9.95. The van der Waals surface area contributed by atoms with E-state index in [1.165, 1.54) is 44.4 Å². The smallest absolute Gasteiger partial charge is 0.0540 e. The molecule has 0 bridgehead atoms. The fraction of sp³-hybridized carbons (Fsp3) is 0.0455. The first kappa shape index (κ1) is 27.7. The van der Waals surface area contributed by atoms with Crippen LogP contribution in [0.5, 0.6) is 0 Å². The minimum absolute atomic E-state index is 1.08. The molecular formula is C44H34N2. The Morgan fingerprint density at radius 3 is 1.54 bits per heavy atom. The van der Waals surface area contributed by atoms with Gasteiger partial charge >= 0.3 is 0 Å². The van der Waals surface area contributed by atoms with E-state index >= 15 is 0 Å². The average Bonchev–Trinajstić information content (AvgIpc) is 3.14. The van der Waals surface area contributed by atoms with Crippen LogP contribution in [0.1, 0.15) is 17.5 Å². The molecule has 8 rings (SSSR count). The van der Waals surface area contributed by atoms with Crippen molar-refractivity contribution in [3.05, 3.63) is 187 Å². The number of anilines is 6. The fourth-order valence-electron chi connectivity index (χ4n) is 6.66. The van der Waals surface area contributed by atoms with Crippen molar-refractivity contribution < 1.29 is 0 Å². The maximum absolute atomic E-state index is 2.38. The van der Waals surface area contributed by atoms with Crippen LogP contribution in [0.4, 0.5) is 34.1 Å². The first-order valence-corrected chi connectivity index (χ1v) is 16.0. The van der Waals surface area contributed by atoms with Crippen molar-refractivity contribution in [1.82, 2.24) is 0 Å². The number of aryl methyl sites for hydroxylation is 1. The van der Waals surface area contributed by atoms with Crippen LogP contribution in [0, 0.1) is 0 Å². The molecule has 0 unspecified atom stereocenters. The molecule has 0 amide bonds. The van der Waals surface area contributed by atoms with Gasteiger partial charge in [-0.1, -0.05) is 121 Å². The summed E-state index contributed by atoms with van der Waals surface area (Å²) in [7, 11) is 0. The molecule has 2 nitrogen and oxygen atoms in total. The molecule has 7 aromatic rings. The summed E-state index contributed by atoms with van der Waals surface area (Å²) >= 11 is 0. The van der Waals surface area contributed by atoms with Gasteiger partial charge < -0.3 is 9.80 Å². The van der Waals surface area contributed by atoms with E-state index in [-0.39, 0.29) is 0 Å². The number of para-hydroxylation sites is 2. The second kappa shape index (κ2) is 12.3. The third-order valence-electron chi connectivity index (χ3n) is 8.90. The maximum Gasteiger partial charge on any atom is 0.0540 e. The second-order valence-electron chi connectivity index (χ2n) is 11.7. The molecule has 0 radical (unpaired) electrons. The molecule has 0 fully saturated rings. The van der Waals surface area contributed by atoms with Gasteiger partial charge in [-0.25, -0.2) is 0 Å². The molecule has 0 N–H and O–H groups in total. The molecule has 0 saturated heterocycles. The molecule has 7 aromatic carbocycles. The minimum atomic E-state index is 1.08. The van der Waals surface area contributed by atoms with Crippen LogP contribution in [-0.4, -0.2) is 0 Å². The van der Waals surface area contributed by atoms with E-state index in [0.29, 0.717) is 0 Å². The quantitative estimate of drug-likeness (QED) is 0.182. The molecule has 46 heavy (non-hydrogen) atoms. The first-order chi connectivity index (χ1) is 22.8. The highest BCUT2D eigenvalue weighted by Gasteiger charge is 2.19. The van der Waals surface area contributed by atoms with Crippen molar-refractivity contribution in [3.63, 3.8) is 0 Å². The van der Waals surface area contributed by atoms with Crippen molar-refractivity contribution in [1.29, 1.82) is 0 Å². The van der Waals surface area contributed by atoms with Gasteiger partial charge in [0.15, 0.2) is 0 Å². The molecule has 0 atom stereocenters. The van der Waals surface area contributed by atoms with Gasteiger partial charge in [0, 0.05) is 33.7 Å². The monoisotopic (exact) mass is 590 g/mol. The highest BCUT2D eigenvalue weighted by atomic mass is 15.1. The number of fused-ring (bicyclic) bond motifs is 2. The van der Waals surface area contributed by atoms with Gasteiger partial charge in [0.25, 0.3) is 0 Å². The number of allylic oxidation sites excluding steroid dienone is 1. The first-order valence-electron chi connectivity index (χ1n) is 16.0. The molecule has 1 aliphatic rings. The number of nitrogens with zero attached hydrogens (tertiary/aromatic N) is 2.